The Morgan fingerprint density at radius 2 is 0.615 bits per heavy atom. The minimum atomic E-state index is -0.453. The van der Waals surface area contributed by atoms with Gasteiger partial charge in [0.25, 0.3) is 0 Å². The Bertz CT molecular complexity index is 1000. The second-order valence-electron chi connectivity index (χ2n) is 8.06. The minimum Gasteiger partial charge on any atom is -0.0940 e. The smallest absolute Gasteiger partial charge is 0.0441 e. The molecule has 0 N–H and O–H groups in total. The molecular weight excluding hydrogens is 312 g/mol. The Morgan fingerprint density at radius 3 is 0.885 bits per heavy atom. The van der Waals surface area contributed by atoms with Crippen molar-refractivity contribution in [2.24, 2.45) is 10.8 Å². The molecule has 2 fully saturated rings. The van der Waals surface area contributed by atoms with Crippen LogP contribution in [0.1, 0.15) is 13.8 Å². The van der Waals surface area contributed by atoms with Gasteiger partial charge in [-0.05, 0) is 86.3 Å². The summed E-state index contributed by atoms with van der Waals surface area (Å²) in [5.74, 6) is 0. The van der Waals surface area contributed by atoms with Crippen LogP contribution in [-0.4, -0.2) is 0 Å². The zero-order valence-electron chi connectivity index (χ0n) is 15.9. The van der Waals surface area contributed by atoms with E-state index in [2.05, 4.69) is 73.1 Å². The molecule has 0 bridgehead atoms. The summed E-state index contributed by atoms with van der Waals surface area (Å²) in [6.07, 6.45) is 0. The lowest BCUT2D eigenvalue weighted by molar-refractivity contribution is 0.524. The maximum Gasteiger partial charge on any atom is 0.0441 e. The molecule has 0 radical (unpaired) electrons. The standard InChI is InChI=1S/C26H24/c1-12-15(4)21-22(16(12)5)26(11)20(9)14(3)18(7)24(26)23-17(6)13(2)19(8)25(21,23)10/h1-9H2,10-11H3/t25-,26+. The predicted molar refractivity (Wildman–Crippen MR) is 113 cm³/mol. The van der Waals surface area contributed by atoms with Gasteiger partial charge in [0.1, 0.15) is 0 Å². The molecule has 0 aromatic carbocycles. The Balaban J connectivity index is 2.28. The van der Waals surface area contributed by atoms with Gasteiger partial charge >= 0.3 is 0 Å². The van der Waals surface area contributed by atoms with Crippen molar-refractivity contribution in [1.82, 2.24) is 0 Å². The topological polar surface area (TPSA) is 0 Å². The second-order valence-corrected chi connectivity index (χ2v) is 8.06. The van der Waals surface area contributed by atoms with Crippen LogP contribution in [0.3, 0.4) is 0 Å². The first-order valence-electron chi connectivity index (χ1n) is 8.68. The molecule has 0 saturated heterocycles. The molecule has 0 nitrogen and oxygen atoms in total. The zero-order chi connectivity index (χ0) is 19.5. The Kier molecular flexibility index (Phi) is 2.73. The summed E-state index contributed by atoms with van der Waals surface area (Å²) in [5, 5.41) is 0. The molecule has 0 heterocycles. The zero-order valence-corrected chi connectivity index (χ0v) is 15.9. The van der Waals surface area contributed by atoms with Crippen LogP contribution in [0.25, 0.3) is 0 Å². The van der Waals surface area contributed by atoms with E-state index < -0.39 is 10.8 Å². The normalized spacial score (nSPS) is 33.7. The fraction of sp³-hybridized carbons (Fsp3) is 0.154. The highest BCUT2D eigenvalue weighted by Gasteiger charge is 2.61. The van der Waals surface area contributed by atoms with Crippen molar-refractivity contribution >= 4 is 0 Å². The third kappa shape index (κ3) is 1.30. The maximum atomic E-state index is 4.38. The van der Waals surface area contributed by atoms with E-state index in [9.17, 15) is 0 Å². The van der Waals surface area contributed by atoms with Gasteiger partial charge in [0.2, 0.25) is 0 Å². The van der Waals surface area contributed by atoms with Gasteiger partial charge in [0.05, 0.1) is 0 Å². The summed E-state index contributed by atoms with van der Waals surface area (Å²) >= 11 is 0. The molecule has 0 heteroatoms. The van der Waals surface area contributed by atoms with Crippen LogP contribution >= 0.6 is 0 Å². The molecule has 4 aliphatic rings. The van der Waals surface area contributed by atoms with Crippen LogP contribution in [0.4, 0.5) is 0 Å². The van der Waals surface area contributed by atoms with Gasteiger partial charge in [-0.2, -0.15) is 0 Å². The van der Waals surface area contributed by atoms with Gasteiger partial charge < -0.3 is 0 Å². The lowest BCUT2D eigenvalue weighted by Crippen LogP contribution is -2.33. The van der Waals surface area contributed by atoms with E-state index >= 15 is 0 Å². The van der Waals surface area contributed by atoms with E-state index in [-0.39, 0.29) is 0 Å². The Morgan fingerprint density at radius 1 is 0.385 bits per heavy atom. The van der Waals surface area contributed by atoms with Crippen LogP contribution in [0.15, 0.2) is 132 Å². The van der Waals surface area contributed by atoms with Crippen LogP contribution in [0.2, 0.25) is 0 Å². The molecule has 0 aliphatic heterocycles. The van der Waals surface area contributed by atoms with Gasteiger partial charge in [-0.1, -0.05) is 59.2 Å². The van der Waals surface area contributed by atoms with Gasteiger partial charge in [0, 0.05) is 10.8 Å². The summed E-state index contributed by atoms with van der Waals surface area (Å²) in [7, 11) is 0. The van der Waals surface area contributed by atoms with Crippen molar-refractivity contribution in [3.8, 4) is 0 Å². The third-order valence-electron chi connectivity index (χ3n) is 7.10. The summed E-state index contributed by atoms with van der Waals surface area (Å²) in [6, 6.07) is 0. The molecule has 0 unspecified atom stereocenters. The average Bonchev–Trinajstić information content (AvgIpc) is 3.01. The number of rotatable bonds is 0. The molecule has 128 valence electrons. The monoisotopic (exact) mass is 336 g/mol. The van der Waals surface area contributed by atoms with Gasteiger partial charge in [0.15, 0.2) is 0 Å². The van der Waals surface area contributed by atoms with E-state index in [1.807, 2.05) is 0 Å². The lowest BCUT2D eigenvalue weighted by atomic mass is 9.58. The number of allylic oxidation sites excluding steroid dienone is 13. The fourth-order valence-electron chi connectivity index (χ4n) is 5.42. The van der Waals surface area contributed by atoms with Crippen molar-refractivity contribution in [1.29, 1.82) is 0 Å². The molecule has 0 aromatic heterocycles. The van der Waals surface area contributed by atoms with Crippen molar-refractivity contribution in [3.05, 3.63) is 132 Å². The van der Waals surface area contributed by atoms with E-state index in [0.717, 1.165) is 72.5 Å². The SMILES string of the molecule is C=C1C(=C)C2=C(C1=C)[C@@]1(C)C(=C)C(=C)C(=C)C1=C1C(=C)C(=C)C(=C)[C@@]21C. The highest BCUT2D eigenvalue weighted by molar-refractivity contribution is 5.90. The van der Waals surface area contributed by atoms with Crippen LogP contribution in [0.5, 0.6) is 0 Å². The van der Waals surface area contributed by atoms with E-state index in [1.165, 1.54) is 0 Å². The van der Waals surface area contributed by atoms with Crippen LogP contribution in [-0.2, 0) is 0 Å². The maximum absolute atomic E-state index is 4.38. The average molecular weight is 336 g/mol. The predicted octanol–water partition coefficient (Wildman–Crippen LogP) is 6.65. The van der Waals surface area contributed by atoms with Crippen molar-refractivity contribution in [2.75, 3.05) is 0 Å². The summed E-state index contributed by atoms with van der Waals surface area (Å²) in [6.45, 7) is 43.3. The number of hydrogen-bond acceptors (Lipinski definition) is 0. The van der Waals surface area contributed by atoms with Crippen molar-refractivity contribution in [3.63, 3.8) is 0 Å². The first-order chi connectivity index (χ1) is 11.9. The van der Waals surface area contributed by atoms with Crippen molar-refractivity contribution < 1.29 is 0 Å². The Hall–Kier alpha value is -2.86. The van der Waals surface area contributed by atoms with Gasteiger partial charge in [-0.15, -0.1) is 0 Å². The van der Waals surface area contributed by atoms with Gasteiger partial charge in [-0.25, -0.2) is 0 Å². The summed E-state index contributed by atoms with van der Waals surface area (Å²) in [5.41, 5.74) is 11.9. The number of fused-ring (bicyclic) bond motifs is 4. The number of hydrogen-bond donors (Lipinski definition) is 0. The summed E-state index contributed by atoms with van der Waals surface area (Å²) in [4.78, 5) is 0. The first kappa shape index (κ1) is 16.6. The quantitative estimate of drug-likeness (QED) is 0.464. The molecule has 2 saturated carbocycles. The minimum absolute atomic E-state index is 0.453. The molecule has 4 aliphatic carbocycles. The molecule has 4 rings (SSSR count). The highest BCUT2D eigenvalue weighted by Crippen LogP contribution is 2.73. The lowest BCUT2D eigenvalue weighted by Gasteiger charge is -2.43. The summed E-state index contributed by atoms with van der Waals surface area (Å²) < 4.78 is 0. The van der Waals surface area contributed by atoms with Gasteiger partial charge in [-0.3, -0.25) is 0 Å². The molecular formula is C26H24. The molecule has 0 aromatic rings. The van der Waals surface area contributed by atoms with E-state index in [1.54, 1.807) is 0 Å². The first-order valence-corrected chi connectivity index (χ1v) is 8.68. The molecule has 26 heavy (non-hydrogen) atoms. The second kappa shape index (κ2) is 4.27. The fourth-order valence-corrected chi connectivity index (χ4v) is 5.42. The van der Waals surface area contributed by atoms with Crippen molar-refractivity contribution in [2.45, 2.75) is 13.8 Å². The molecule has 2 atom stereocenters. The molecule has 0 amide bonds. The Labute approximate surface area is 156 Å². The third-order valence-corrected chi connectivity index (χ3v) is 7.10. The molecule has 0 spiro atoms. The van der Waals surface area contributed by atoms with E-state index in [0.29, 0.717) is 0 Å². The largest absolute Gasteiger partial charge is 0.0940 e. The van der Waals surface area contributed by atoms with E-state index in [4.69, 9.17) is 0 Å². The van der Waals surface area contributed by atoms with Crippen LogP contribution in [0, 0.1) is 10.8 Å². The van der Waals surface area contributed by atoms with Crippen LogP contribution < -0.4 is 0 Å². The highest BCUT2D eigenvalue weighted by atomic mass is 14.6.